The molecule has 0 aliphatic heterocycles. The average molecular weight is 245 g/mol. The fraction of sp³-hybridized carbons (Fsp3) is 0.357. The van der Waals surface area contributed by atoms with Crippen molar-refractivity contribution in [2.24, 2.45) is 0 Å². The molecule has 4 heteroatoms. The molecule has 18 heavy (non-hydrogen) atoms. The van der Waals surface area contributed by atoms with Crippen LogP contribution in [0.4, 0.5) is 11.5 Å². The van der Waals surface area contributed by atoms with E-state index in [9.17, 15) is 0 Å². The standard InChI is InChI=1S/C14H19N3O/c1-10-9-12-11(5-3-6-13(12)15)14(17-10)16-7-4-8-18-2/h3,5-6,9H,4,7-8,15H2,1-2H3,(H,16,17). The van der Waals surface area contributed by atoms with Crippen LogP contribution in [-0.2, 0) is 4.74 Å². The number of hydrogen-bond acceptors (Lipinski definition) is 4. The third kappa shape index (κ3) is 2.71. The smallest absolute Gasteiger partial charge is 0.134 e. The van der Waals surface area contributed by atoms with E-state index < -0.39 is 0 Å². The van der Waals surface area contributed by atoms with Gasteiger partial charge < -0.3 is 15.8 Å². The van der Waals surface area contributed by atoms with E-state index in [1.165, 1.54) is 0 Å². The molecule has 0 aliphatic rings. The zero-order valence-corrected chi connectivity index (χ0v) is 10.9. The number of nitrogen functional groups attached to an aromatic ring is 1. The van der Waals surface area contributed by atoms with Gasteiger partial charge in [0, 0.05) is 42.4 Å². The van der Waals surface area contributed by atoms with Gasteiger partial charge in [0.1, 0.15) is 5.82 Å². The maximum atomic E-state index is 5.99. The van der Waals surface area contributed by atoms with E-state index >= 15 is 0 Å². The third-order valence-electron chi connectivity index (χ3n) is 2.85. The lowest BCUT2D eigenvalue weighted by atomic mass is 10.1. The fourth-order valence-electron chi connectivity index (χ4n) is 1.99. The normalized spacial score (nSPS) is 10.8. The quantitative estimate of drug-likeness (QED) is 0.628. The molecule has 0 saturated heterocycles. The highest BCUT2D eigenvalue weighted by Crippen LogP contribution is 2.26. The van der Waals surface area contributed by atoms with Crippen molar-refractivity contribution in [1.82, 2.24) is 4.98 Å². The predicted molar refractivity (Wildman–Crippen MR) is 75.9 cm³/mol. The minimum absolute atomic E-state index is 0.749. The number of nitrogens with two attached hydrogens (primary N) is 1. The summed E-state index contributed by atoms with van der Waals surface area (Å²) in [5, 5.41) is 5.47. The van der Waals surface area contributed by atoms with Crippen LogP contribution in [0, 0.1) is 6.92 Å². The summed E-state index contributed by atoms with van der Waals surface area (Å²) in [7, 11) is 1.71. The van der Waals surface area contributed by atoms with E-state index in [0.717, 1.165) is 47.5 Å². The van der Waals surface area contributed by atoms with Crippen molar-refractivity contribution in [1.29, 1.82) is 0 Å². The van der Waals surface area contributed by atoms with Gasteiger partial charge in [0.2, 0.25) is 0 Å². The summed E-state index contributed by atoms with van der Waals surface area (Å²) in [6.45, 7) is 3.57. The molecule has 3 N–H and O–H groups in total. The van der Waals surface area contributed by atoms with Crippen LogP contribution in [0.1, 0.15) is 12.1 Å². The van der Waals surface area contributed by atoms with Crippen molar-refractivity contribution in [3.8, 4) is 0 Å². The Kier molecular flexibility index (Phi) is 3.99. The highest BCUT2D eigenvalue weighted by atomic mass is 16.5. The first-order valence-corrected chi connectivity index (χ1v) is 6.11. The predicted octanol–water partition coefficient (Wildman–Crippen LogP) is 2.57. The number of anilines is 2. The Bertz CT molecular complexity index is 540. The lowest BCUT2D eigenvalue weighted by Gasteiger charge is -2.11. The lowest BCUT2D eigenvalue weighted by molar-refractivity contribution is 0.198. The molecule has 0 unspecified atom stereocenters. The van der Waals surface area contributed by atoms with Crippen LogP contribution in [0.25, 0.3) is 10.8 Å². The number of methoxy groups -OCH3 is 1. The first kappa shape index (κ1) is 12.6. The first-order chi connectivity index (χ1) is 8.72. The zero-order chi connectivity index (χ0) is 13.0. The number of nitrogens with zero attached hydrogens (tertiary/aromatic N) is 1. The van der Waals surface area contributed by atoms with Crippen molar-refractivity contribution >= 4 is 22.3 Å². The van der Waals surface area contributed by atoms with Crippen molar-refractivity contribution in [2.75, 3.05) is 31.3 Å². The Morgan fingerprint density at radius 1 is 1.33 bits per heavy atom. The summed E-state index contributed by atoms with van der Waals surface area (Å²) in [5.74, 6) is 0.897. The summed E-state index contributed by atoms with van der Waals surface area (Å²) in [6.07, 6.45) is 0.954. The maximum absolute atomic E-state index is 5.99. The van der Waals surface area contributed by atoms with Crippen LogP contribution in [0.2, 0.25) is 0 Å². The van der Waals surface area contributed by atoms with Crippen molar-refractivity contribution in [2.45, 2.75) is 13.3 Å². The number of nitrogens with one attached hydrogen (secondary N) is 1. The molecule has 1 heterocycles. The van der Waals surface area contributed by atoms with E-state index in [-0.39, 0.29) is 0 Å². The average Bonchev–Trinajstić information content (AvgIpc) is 2.36. The fourth-order valence-corrected chi connectivity index (χ4v) is 1.99. The molecule has 1 aromatic heterocycles. The lowest BCUT2D eigenvalue weighted by Crippen LogP contribution is -2.07. The van der Waals surface area contributed by atoms with Gasteiger partial charge in [-0.2, -0.15) is 0 Å². The summed E-state index contributed by atoms with van der Waals surface area (Å²) in [4.78, 5) is 4.53. The largest absolute Gasteiger partial charge is 0.398 e. The molecule has 0 aliphatic carbocycles. The Morgan fingerprint density at radius 2 is 2.17 bits per heavy atom. The topological polar surface area (TPSA) is 60.2 Å². The number of hydrogen-bond donors (Lipinski definition) is 2. The third-order valence-corrected chi connectivity index (χ3v) is 2.85. The summed E-state index contributed by atoms with van der Waals surface area (Å²) >= 11 is 0. The Morgan fingerprint density at radius 3 is 2.94 bits per heavy atom. The summed E-state index contributed by atoms with van der Waals surface area (Å²) in [6, 6.07) is 7.92. The number of fused-ring (bicyclic) bond motifs is 1. The molecular weight excluding hydrogens is 226 g/mol. The van der Waals surface area contributed by atoms with Gasteiger partial charge in [-0.3, -0.25) is 0 Å². The van der Waals surface area contributed by atoms with Crippen molar-refractivity contribution in [3.05, 3.63) is 30.0 Å². The molecule has 0 fully saturated rings. The van der Waals surface area contributed by atoms with Gasteiger partial charge in [-0.15, -0.1) is 0 Å². The Hall–Kier alpha value is -1.81. The van der Waals surface area contributed by atoms with Crippen LogP contribution in [0.3, 0.4) is 0 Å². The molecule has 0 radical (unpaired) electrons. The SMILES string of the molecule is COCCCNc1nc(C)cc2c(N)cccc12. The molecule has 0 saturated carbocycles. The molecule has 2 aromatic rings. The zero-order valence-electron chi connectivity index (χ0n) is 10.9. The van der Waals surface area contributed by atoms with Gasteiger partial charge in [-0.05, 0) is 25.5 Å². The highest BCUT2D eigenvalue weighted by molar-refractivity contribution is 5.99. The van der Waals surface area contributed by atoms with Crippen LogP contribution in [-0.4, -0.2) is 25.2 Å². The first-order valence-electron chi connectivity index (χ1n) is 6.11. The van der Waals surface area contributed by atoms with Crippen LogP contribution >= 0.6 is 0 Å². The van der Waals surface area contributed by atoms with Gasteiger partial charge in [0.25, 0.3) is 0 Å². The molecule has 0 bridgehead atoms. The van der Waals surface area contributed by atoms with Gasteiger partial charge in [0.15, 0.2) is 0 Å². The number of pyridine rings is 1. The van der Waals surface area contributed by atoms with Gasteiger partial charge in [-0.25, -0.2) is 4.98 Å². The molecule has 0 amide bonds. The van der Waals surface area contributed by atoms with E-state index in [0.29, 0.717) is 0 Å². The summed E-state index contributed by atoms with van der Waals surface area (Å²) < 4.78 is 5.03. The van der Waals surface area contributed by atoms with E-state index in [4.69, 9.17) is 10.5 Å². The molecular formula is C14H19N3O. The molecule has 0 spiro atoms. The molecule has 1 aromatic carbocycles. The minimum Gasteiger partial charge on any atom is -0.398 e. The van der Waals surface area contributed by atoms with Crippen molar-refractivity contribution < 1.29 is 4.74 Å². The molecule has 2 rings (SSSR count). The number of rotatable bonds is 5. The number of aryl methyl sites for hydroxylation is 1. The van der Waals surface area contributed by atoms with Gasteiger partial charge in [0.05, 0.1) is 0 Å². The maximum Gasteiger partial charge on any atom is 0.134 e. The monoisotopic (exact) mass is 245 g/mol. The molecule has 4 nitrogen and oxygen atoms in total. The Balaban J connectivity index is 2.29. The second-order valence-electron chi connectivity index (χ2n) is 4.33. The summed E-state index contributed by atoms with van der Waals surface area (Å²) in [5.41, 5.74) is 7.75. The van der Waals surface area contributed by atoms with Gasteiger partial charge in [-0.1, -0.05) is 12.1 Å². The minimum atomic E-state index is 0.749. The van der Waals surface area contributed by atoms with Gasteiger partial charge >= 0.3 is 0 Å². The Labute approximate surface area is 107 Å². The van der Waals surface area contributed by atoms with Crippen LogP contribution in [0.5, 0.6) is 0 Å². The molecule has 0 atom stereocenters. The second kappa shape index (κ2) is 5.69. The van der Waals surface area contributed by atoms with E-state index in [2.05, 4.69) is 10.3 Å². The number of benzene rings is 1. The number of ether oxygens (including phenoxy) is 1. The van der Waals surface area contributed by atoms with E-state index in [1.54, 1.807) is 7.11 Å². The van der Waals surface area contributed by atoms with Crippen molar-refractivity contribution in [3.63, 3.8) is 0 Å². The highest BCUT2D eigenvalue weighted by Gasteiger charge is 2.05. The number of aromatic nitrogens is 1. The second-order valence-corrected chi connectivity index (χ2v) is 4.33. The van der Waals surface area contributed by atoms with Crippen LogP contribution in [0.15, 0.2) is 24.3 Å². The molecule has 96 valence electrons. The van der Waals surface area contributed by atoms with Crippen LogP contribution < -0.4 is 11.1 Å². The van der Waals surface area contributed by atoms with E-state index in [1.807, 2.05) is 31.2 Å².